The average Bonchev–Trinajstić information content (AvgIpc) is 3.33. The summed E-state index contributed by atoms with van der Waals surface area (Å²) in [5.41, 5.74) is 12.8. The summed E-state index contributed by atoms with van der Waals surface area (Å²) in [7, 11) is 0. The molecule has 1 aliphatic carbocycles. The third-order valence-corrected chi connectivity index (χ3v) is 8.76. The highest BCUT2D eigenvalue weighted by atomic mass is 79.9. The van der Waals surface area contributed by atoms with E-state index in [1.165, 1.54) is 77.2 Å². The molecule has 0 saturated heterocycles. The molecule has 0 amide bonds. The molecule has 0 bridgehead atoms. The Balaban J connectivity index is 1.62. The van der Waals surface area contributed by atoms with E-state index < -0.39 is 0 Å². The fourth-order valence-corrected chi connectivity index (χ4v) is 6.90. The highest BCUT2D eigenvalue weighted by Gasteiger charge is 2.30. The van der Waals surface area contributed by atoms with Gasteiger partial charge in [-0.3, -0.25) is 0 Å². The zero-order valence-electron chi connectivity index (χ0n) is 21.2. The number of fused-ring (bicyclic) bond motifs is 4. The van der Waals surface area contributed by atoms with Crippen LogP contribution in [0.2, 0.25) is 0 Å². The van der Waals surface area contributed by atoms with Crippen LogP contribution in [0.4, 0.5) is 0 Å². The Morgan fingerprint density at radius 1 is 0.333 bits per heavy atom. The summed E-state index contributed by atoms with van der Waals surface area (Å²) < 4.78 is 1.13. The van der Waals surface area contributed by atoms with Gasteiger partial charge in [0.05, 0.1) is 0 Å². The highest BCUT2D eigenvalue weighted by Crippen LogP contribution is 2.58. The van der Waals surface area contributed by atoms with Crippen molar-refractivity contribution in [2.24, 2.45) is 0 Å². The van der Waals surface area contributed by atoms with Gasteiger partial charge in [0.2, 0.25) is 0 Å². The van der Waals surface area contributed by atoms with Crippen LogP contribution in [0.5, 0.6) is 0 Å². The maximum Gasteiger partial charge on any atom is 0.0254 e. The van der Waals surface area contributed by atoms with Crippen molar-refractivity contribution in [3.8, 4) is 55.6 Å². The quantitative estimate of drug-likeness (QED) is 0.202. The second-order valence-electron chi connectivity index (χ2n) is 10.2. The Labute approximate surface area is 236 Å². The van der Waals surface area contributed by atoms with Crippen molar-refractivity contribution in [3.05, 3.63) is 144 Å². The SMILES string of the molecule is Brc1ccc2c3c(cccc13)-c1c-2c(-c2ccccc2)c2cc(-c3ccccc3)ccc2c1-c1ccccc1. The molecule has 0 nitrogen and oxygen atoms in total. The number of halogens is 1. The Kier molecular flexibility index (Phi) is 5.08. The summed E-state index contributed by atoms with van der Waals surface area (Å²) in [6.45, 7) is 0. The van der Waals surface area contributed by atoms with Crippen molar-refractivity contribution in [2.75, 3.05) is 0 Å². The molecule has 182 valence electrons. The number of hydrogen-bond acceptors (Lipinski definition) is 0. The van der Waals surface area contributed by atoms with E-state index in [-0.39, 0.29) is 0 Å². The van der Waals surface area contributed by atoms with Gasteiger partial charge in [0.15, 0.2) is 0 Å². The van der Waals surface area contributed by atoms with E-state index in [0.29, 0.717) is 0 Å². The summed E-state index contributed by atoms with van der Waals surface area (Å²) in [5, 5.41) is 5.15. The van der Waals surface area contributed by atoms with Gasteiger partial charge < -0.3 is 0 Å². The molecule has 7 aromatic rings. The summed E-state index contributed by atoms with van der Waals surface area (Å²) in [6, 6.07) is 50.8. The summed E-state index contributed by atoms with van der Waals surface area (Å²) in [4.78, 5) is 0. The highest BCUT2D eigenvalue weighted by molar-refractivity contribution is 9.10. The number of rotatable bonds is 3. The van der Waals surface area contributed by atoms with Crippen LogP contribution in [-0.2, 0) is 0 Å². The first-order chi connectivity index (χ1) is 19.3. The molecule has 0 aliphatic heterocycles. The fourth-order valence-electron chi connectivity index (χ4n) is 6.43. The molecule has 0 radical (unpaired) electrons. The van der Waals surface area contributed by atoms with Crippen molar-refractivity contribution in [1.29, 1.82) is 0 Å². The maximum absolute atomic E-state index is 3.84. The van der Waals surface area contributed by atoms with Crippen LogP contribution in [0.3, 0.4) is 0 Å². The lowest BCUT2D eigenvalue weighted by molar-refractivity contribution is 1.61. The van der Waals surface area contributed by atoms with Gasteiger partial charge in [-0.2, -0.15) is 0 Å². The van der Waals surface area contributed by atoms with Crippen molar-refractivity contribution >= 4 is 37.5 Å². The van der Waals surface area contributed by atoms with Gasteiger partial charge in [0, 0.05) is 4.47 Å². The van der Waals surface area contributed by atoms with Gasteiger partial charge in [-0.05, 0) is 89.3 Å². The molecule has 1 aliphatic rings. The predicted molar refractivity (Wildman–Crippen MR) is 170 cm³/mol. The summed E-state index contributed by atoms with van der Waals surface area (Å²) in [5.74, 6) is 0. The molecular weight excluding hydrogens is 536 g/mol. The molecule has 0 unspecified atom stereocenters. The lowest BCUT2D eigenvalue weighted by Gasteiger charge is -2.21. The first-order valence-electron chi connectivity index (χ1n) is 13.3. The second kappa shape index (κ2) is 8.80. The Hall–Kier alpha value is -4.46. The molecule has 8 rings (SSSR count). The van der Waals surface area contributed by atoms with E-state index in [1.54, 1.807) is 0 Å². The molecule has 1 heteroatoms. The van der Waals surface area contributed by atoms with Crippen LogP contribution >= 0.6 is 15.9 Å². The lowest BCUT2D eigenvalue weighted by Crippen LogP contribution is -1.94. The van der Waals surface area contributed by atoms with Gasteiger partial charge in [-0.15, -0.1) is 0 Å². The van der Waals surface area contributed by atoms with Gasteiger partial charge in [0.1, 0.15) is 0 Å². The summed E-state index contributed by atoms with van der Waals surface area (Å²) >= 11 is 3.84. The fraction of sp³-hybridized carbons (Fsp3) is 0. The molecular formula is C38H23Br. The van der Waals surface area contributed by atoms with E-state index >= 15 is 0 Å². The molecule has 0 N–H and O–H groups in total. The van der Waals surface area contributed by atoms with E-state index in [4.69, 9.17) is 0 Å². The van der Waals surface area contributed by atoms with E-state index in [9.17, 15) is 0 Å². The van der Waals surface area contributed by atoms with Crippen molar-refractivity contribution in [1.82, 2.24) is 0 Å². The smallest absolute Gasteiger partial charge is 0.0254 e. The Morgan fingerprint density at radius 3 is 1.54 bits per heavy atom. The monoisotopic (exact) mass is 558 g/mol. The van der Waals surface area contributed by atoms with E-state index in [1.807, 2.05) is 0 Å². The molecule has 0 aromatic heterocycles. The van der Waals surface area contributed by atoms with Crippen LogP contribution in [0.25, 0.3) is 77.2 Å². The normalized spacial score (nSPS) is 11.7. The van der Waals surface area contributed by atoms with Crippen LogP contribution in [-0.4, -0.2) is 0 Å². The molecule has 7 aromatic carbocycles. The minimum atomic E-state index is 1.13. The van der Waals surface area contributed by atoms with E-state index in [0.717, 1.165) is 4.47 Å². The standard InChI is InChI=1S/C38H23Br/c39-33-22-21-31-36-29(33)17-10-18-30(36)37-34(25-13-6-2-7-14-25)28-20-19-27(24-11-4-1-5-12-24)23-32(28)35(38(31)37)26-15-8-3-9-16-26/h1-23H. The van der Waals surface area contributed by atoms with Crippen LogP contribution in [0, 0.1) is 0 Å². The Morgan fingerprint density at radius 2 is 0.897 bits per heavy atom. The van der Waals surface area contributed by atoms with Crippen LogP contribution in [0.15, 0.2) is 144 Å². The largest absolute Gasteiger partial charge is 0.0622 e. The van der Waals surface area contributed by atoms with Crippen LogP contribution < -0.4 is 0 Å². The summed E-state index contributed by atoms with van der Waals surface area (Å²) in [6.07, 6.45) is 0. The Bertz CT molecular complexity index is 2040. The molecule has 0 fully saturated rings. The minimum absolute atomic E-state index is 1.13. The maximum atomic E-state index is 3.84. The lowest BCUT2D eigenvalue weighted by atomic mass is 9.82. The molecule has 39 heavy (non-hydrogen) atoms. The first kappa shape index (κ1) is 22.5. The van der Waals surface area contributed by atoms with Crippen LogP contribution in [0.1, 0.15) is 0 Å². The molecule has 0 atom stereocenters. The minimum Gasteiger partial charge on any atom is -0.0622 e. The van der Waals surface area contributed by atoms with Gasteiger partial charge in [-0.1, -0.05) is 143 Å². The van der Waals surface area contributed by atoms with Crippen molar-refractivity contribution in [3.63, 3.8) is 0 Å². The number of hydrogen-bond donors (Lipinski definition) is 0. The number of benzene rings is 7. The predicted octanol–water partition coefficient (Wildman–Crippen LogP) is 11.4. The molecule has 0 spiro atoms. The van der Waals surface area contributed by atoms with Gasteiger partial charge >= 0.3 is 0 Å². The second-order valence-corrected chi connectivity index (χ2v) is 11.0. The first-order valence-corrected chi connectivity index (χ1v) is 14.1. The van der Waals surface area contributed by atoms with Gasteiger partial charge in [0.25, 0.3) is 0 Å². The van der Waals surface area contributed by atoms with E-state index in [2.05, 4.69) is 155 Å². The average molecular weight is 560 g/mol. The zero-order chi connectivity index (χ0) is 25.9. The molecule has 0 heterocycles. The topological polar surface area (TPSA) is 0 Å². The zero-order valence-corrected chi connectivity index (χ0v) is 22.7. The van der Waals surface area contributed by atoms with Gasteiger partial charge in [-0.25, -0.2) is 0 Å². The molecule has 0 saturated carbocycles. The van der Waals surface area contributed by atoms with Crippen molar-refractivity contribution in [2.45, 2.75) is 0 Å². The van der Waals surface area contributed by atoms with Crippen molar-refractivity contribution < 1.29 is 0 Å². The third kappa shape index (κ3) is 3.37. The third-order valence-electron chi connectivity index (χ3n) is 8.07.